The zero-order valence-electron chi connectivity index (χ0n) is 25.0. The fraction of sp³-hybridized carbons (Fsp3) is 0. The maximum atomic E-state index is 5.10. The van der Waals surface area contributed by atoms with Gasteiger partial charge in [-0.05, 0) is 94.7 Å². The van der Waals surface area contributed by atoms with Crippen molar-refractivity contribution in [1.29, 1.82) is 0 Å². The lowest BCUT2D eigenvalue weighted by molar-refractivity contribution is 1.50. The van der Waals surface area contributed by atoms with Gasteiger partial charge in [0.05, 0.1) is 30.2 Å². The number of thiazole rings is 2. The summed E-state index contributed by atoms with van der Waals surface area (Å²) >= 11 is 10.9. The number of thiophene rings is 4. The first-order valence-corrected chi connectivity index (χ1v) is 20.3. The van der Waals surface area contributed by atoms with Gasteiger partial charge in [-0.15, -0.1) is 68.0 Å². The van der Waals surface area contributed by atoms with Gasteiger partial charge < -0.3 is 0 Å². The van der Waals surface area contributed by atoms with Crippen molar-refractivity contribution < 1.29 is 0 Å². The molecule has 10 aromatic rings. The highest BCUT2D eigenvalue weighted by molar-refractivity contribution is 7.29. The highest BCUT2D eigenvalue weighted by atomic mass is 32.1. The fourth-order valence-corrected chi connectivity index (χ4v) is 12.2. The van der Waals surface area contributed by atoms with E-state index >= 15 is 0 Å². The van der Waals surface area contributed by atoms with Gasteiger partial charge in [-0.2, -0.15) is 0 Å². The van der Waals surface area contributed by atoms with Crippen molar-refractivity contribution >= 4 is 99.2 Å². The number of rotatable bonds is 6. The van der Waals surface area contributed by atoms with E-state index in [9.17, 15) is 0 Å². The molecule has 0 aliphatic carbocycles. The molecule has 0 unspecified atom stereocenters. The Kier molecular flexibility index (Phi) is 7.00. The van der Waals surface area contributed by atoms with Crippen LogP contribution in [0.25, 0.3) is 91.4 Å². The van der Waals surface area contributed by atoms with Gasteiger partial charge in [0.25, 0.3) is 0 Å². The largest absolute Gasteiger partial charge is 0.235 e. The Labute approximate surface area is 300 Å². The lowest BCUT2D eigenvalue weighted by Gasteiger charge is -1.97. The number of fused-ring (bicyclic) bond motifs is 3. The molecule has 8 heteroatoms. The molecule has 48 heavy (non-hydrogen) atoms. The van der Waals surface area contributed by atoms with Crippen LogP contribution in [0.5, 0.6) is 0 Å². The first-order valence-electron chi connectivity index (χ1n) is 15.4. The smallest absolute Gasteiger partial charge is 0.134 e. The van der Waals surface area contributed by atoms with E-state index in [2.05, 4.69) is 133 Å². The third kappa shape index (κ3) is 5.17. The van der Waals surface area contributed by atoms with E-state index in [0.29, 0.717) is 0 Å². The molecule has 2 nitrogen and oxygen atoms in total. The van der Waals surface area contributed by atoms with E-state index in [0.717, 1.165) is 21.0 Å². The predicted octanol–water partition coefficient (Wildman–Crippen LogP) is 14.3. The molecule has 0 aliphatic rings. The van der Waals surface area contributed by atoms with Crippen molar-refractivity contribution in [3.05, 3.63) is 133 Å². The van der Waals surface area contributed by atoms with E-state index in [-0.39, 0.29) is 0 Å². The number of benzene rings is 4. The minimum Gasteiger partial charge on any atom is -0.235 e. The van der Waals surface area contributed by atoms with Crippen LogP contribution in [-0.2, 0) is 0 Å². The molecular weight excluding hydrogens is 701 g/mol. The number of nitrogens with zero attached hydrogens (tertiary/aromatic N) is 2. The SMILES string of the molecule is c1ccc(-c2ccc(-c3ccc(-c4nc5cc6cc7sc(-c8ccc(-c9ccc(-c%10ccccc%10)s9)s8)nc7cc6cc5s4)s3)s2)cc1. The van der Waals surface area contributed by atoms with Crippen LogP contribution in [0.1, 0.15) is 0 Å². The van der Waals surface area contributed by atoms with Gasteiger partial charge >= 0.3 is 0 Å². The summed E-state index contributed by atoms with van der Waals surface area (Å²) in [6.07, 6.45) is 0. The molecule has 0 N–H and O–H groups in total. The summed E-state index contributed by atoms with van der Waals surface area (Å²) in [7, 11) is 0. The Balaban J connectivity index is 0.929. The first kappa shape index (κ1) is 28.7. The second-order valence-electron chi connectivity index (χ2n) is 11.4. The van der Waals surface area contributed by atoms with Crippen molar-refractivity contribution in [3.8, 4) is 60.2 Å². The monoisotopic (exact) mass is 722 g/mol. The quantitative estimate of drug-likeness (QED) is 0.171. The highest BCUT2D eigenvalue weighted by Gasteiger charge is 2.16. The second-order valence-corrected chi connectivity index (χ2v) is 17.8. The summed E-state index contributed by atoms with van der Waals surface area (Å²) in [6.45, 7) is 0. The van der Waals surface area contributed by atoms with Crippen LogP contribution < -0.4 is 0 Å². The Hall–Kier alpha value is -4.28. The summed E-state index contributed by atoms with van der Waals surface area (Å²) in [4.78, 5) is 20.4. The Bertz CT molecular complexity index is 2480. The zero-order valence-corrected chi connectivity index (χ0v) is 29.9. The molecule has 0 radical (unpaired) electrons. The van der Waals surface area contributed by atoms with Crippen molar-refractivity contribution in [2.24, 2.45) is 0 Å². The summed E-state index contributed by atoms with van der Waals surface area (Å²) in [6, 6.07) is 48.1. The molecule has 0 saturated heterocycles. The molecule has 4 aromatic carbocycles. The van der Waals surface area contributed by atoms with Crippen molar-refractivity contribution in [3.63, 3.8) is 0 Å². The maximum Gasteiger partial charge on any atom is 0.134 e. The van der Waals surface area contributed by atoms with Crippen LogP contribution in [-0.4, -0.2) is 9.97 Å². The summed E-state index contributed by atoms with van der Waals surface area (Å²) in [5.41, 5.74) is 4.64. The van der Waals surface area contributed by atoms with Gasteiger partial charge in [0.2, 0.25) is 0 Å². The van der Waals surface area contributed by atoms with Crippen molar-refractivity contribution in [2.75, 3.05) is 0 Å². The summed E-state index contributed by atoms with van der Waals surface area (Å²) in [5, 5.41) is 4.57. The summed E-state index contributed by atoms with van der Waals surface area (Å²) < 4.78 is 2.41. The van der Waals surface area contributed by atoms with Gasteiger partial charge in [0.1, 0.15) is 10.0 Å². The molecular formula is C40H22N2S6. The standard InChI is InChI=1S/C40H22N2S6/c1-3-7-23(8-4-1)29-11-13-31(43-29)33-15-17-35(45-33)39-41-27-19-25-22-38-28(20-26(25)21-37(27)47-39)42-40(48-38)36-18-16-34(46-36)32-14-12-30(44-32)24-9-5-2-6-10-24/h1-22H. The van der Waals surface area contributed by atoms with Crippen LogP contribution in [0.3, 0.4) is 0 Å². The highest BCUT2D eigenvalue weighted by Crippen LogP contribution is 2.44. The molecule has 0 saturated carbocycles. The number of hydrogen-bond donors (Lipinski definition) is 0. The van der Waals surface area contributed by atoms with Crippen molar-refractivity contribution in [2.45, 2.75) is 0 Å². The maximum absolute atomic E-state index is 5.10. The van der Waals surface area contributed by atoms with Gasteiger partial charge in [-0.3, -0.25) is 0 Å². The second kappa shape index (κ2) is 11.7. The molecule has 10 rings (SSSR count). The zero-order chi connectivity index (χ0) is 31.6. The Morgan fingerprint density at radius 1 is 0.312 bits per heavy atom. The summed E-state index contributed by atoms with van der Waals surface area (Å²) in [5.74, 6) is 0. The molecule has 6 aromatic heterocycles. The lowest BCUT2D eigenvalue weighted by Crippen LogP contribution is -1.76. The van der Waals surface area contributed by atoms with Crippen LogP contribution in [0, 0.1) is 0 Å². The minimum absolute atomic E-state index is 1.05. The number of aromatic nitrogens is 2. The topological polar surface area (TPSA) is 25.8 Å². The van der Waals surface area contributed by atoms with Gasteiger partial charge in [0, 0.05) is 29.3 Å². The Morgan fingerprint density at radius 3 is 1.08 bits per heavy atom. The third-order valence-electron chi connectivity index (χ3n) is 8.30. The first-order chi connectivity index (χ1) is 23.7. The fourth-order valence-electron chi connectivity index (χ4n) is 5.93. The molecule has 0 amide bonds. The molecule has 228 valence electrons. The van der Waals surface area contributed by atoms with Crippen LogP contribution in [0.4, 0.5) is 0 Å². The molecule has 0 spiro atoms. The minimum atomic E-state index is 1.05. The molecule has 0 aliphatic heterocycles. The van der Waals surface area contributed by atoms with E-state index in [1.54, 1.807) is 22.7 Å². The molecule has 0 bridgehead atoms. The van der Waals surface area contributed by atoms with Crippen molar-refractivity contribution in [1.82, 2.24) is 9.97 Å². The predicted molar refractivity (Wildman–Crippen MR) is 214 cm³/mol. The molecule has 0 fully saturated rings. The average Bonchev–Trinajstić information content (AvgIpc) is 3.97. The molecule has 0 atom stereocenters. The van der Waals surface area contributed by atoms with Crippen LogP contribution in [0.15, 0.2) is 133 Å². The van der Waals surface area contributed by atoms with Gasteiger partial charge in [-0.25, -0.2) is 9.97 Å². The third-order valence-corrected chi connectivity index (χ3v) is 15.5. The Morgan fingerprint density at radius 2 is 0.667 bits per heavy atom. The van der Waals surface area contributed by atoms with Crippen LogP contribution >= 0.6 is 68.0 Å². The molecule has 6 heterocycles. The van der Waals surface area contributed by atoms with E-state index in [1.807, 2.05) is 45.3 Å². The number of hydrogen-bond acceptors (Lipinski definition) is 8. The van der Waals surface area contributed by atoms with Gasteiger partial charge in [0.15, 0.2) is 0 Å². The van der Waals surface area contributed by atoms with E-state index < -0.39 is 0 Å². The van der Waals surface area contributed by atoms with E-state index in [1.165, 1.54) is 70.3 Å². The average molecular weight is 723 g/mol. The van der Waals surface area contributed by atoms with E-state index in [4.69, 9.17) is 9.97 Å². The van der Waals surface area contributed by atoms with Crippen LogP contribution in [0.2, 0.25) is 0 Å². The normalized spacial score (nSPS) is 11.8. The lowest BCUT2D eigenvalue weighted by atomic mass is 10.1. The van der Waals surface area contributed by atoms with Gasteiger partial charge in [-0.1, -0.05) is 60.7 Å².